The lowest BCUT2D eigenvalue weighted by atomic mass is 10.3. The predicted octanol–water partition coefficient (Wildman–Crippen LogP) is 2.05. The van der Waals surface area contributed by atoms with Crippen molar-refractivity contribution in [3.8, 4) is 0 Å². The highest BCUT2D eigenvalue weighted by atomic mass is 19.4. The molecule has 0 amide bonds. The van der Waals surface area contributed by atoms with Crippen molar-refractivity contribution >= 4 is 5.78 Å². The van der Waals surface area contributed by atoms with Crippen LogP contribution < -0.4 is 0 Å². The van der Waals surface area contributed by atoms with E-state index in [4.69, 9.17) is 0 Å². The Morgan fingerprint density at radius 2 is 2.13 bits per heavy atom. The van der Waals surface area contributed by atoms with E-state index in [0.29, 0.717) is 16.8 Å². The fourth-order valence-electron chi connectivity index (χ4n) is 1.20. The van der Waals surface area contributed by atoms with Crippen molar-refractivity contribution in [1.82, 2.24) is 9.78 Å². The van der Waals surface area contributed by atoms with Crippen LogP contribution in [0.15, 0.2) is 6.07 Å². The van der Waals surface area contributed by atoms with E-state index in [0.717, 1.165) is 6.07 Å². The molecule has 0 unspecified atom stereocenters. The predicted molar refractivity (Wildman–Crippen MR) is 47.3 cm³/mol. The number of Topliss-reactive ketones (excluding diaryl/α,β-unsaturated/α-hetero) is 1. The highest BCUT2D eigenvalue weighted by Gasteiger charge is 2.35. The average Bonchev–Trinajstić information content (AvgIpc) is 2.45. The highest BCUT2D eigenvalue weighted by molar-refractivity contribution is 5.75. The maximum Gasteiger partial charge on any atom is 0.433 e. The molecular formula is C9H11F3N2O. The smallest absolute Gasteiger partial charge is 0.298 e. The molecule has 15 heavy (non-hydrogen) atoms. The minimum atomic E-state index is -4.46. The SMILES string of the molecule is CCc1cc(C(F)(F)F)n(CC(C)=O)n1. The zero-order valence-corrected chi connectivity index (χ0v) is 8.43. The third-order valence-corrected chi connectivity index (χ3v) is 1.86. The molecule has 0 spiro atoms. The normalized spacial score (nSPS) is 11.8. The fourth-order valence-corrected chi connectivity index (χ4v) is 1.20. The van der Waals surface area contributed by atoms with Gasteiger partial charge in [-0.25, -0.2) is 0 Å². The molecule has 0 aromatic carbocycles. The molecule has 0 aliphatic rings. The molecule has 6 heteroatoms. The standard InChI is InChI=1S/C9H11F3N2O/c1-3-7-4-8(9(10,11)12)14(13-7)5-6(2)15/h4H,3,5H2,1-2H3. The van der Waals surface area contributed by atoms with Gasteiger partial charge in [0.1, 0.15) is 5.69 Å². The molecule has 0 N–H and O–H groups in total. The molecule has 0 atom stereocenters. The number of nitrogens with zero attached hydrogens (tertiary/aromatic N) is 2. The summed E-state index contributed by atoms with van der Waals surface area (Å²) in [6.07, 6.45) is -4.05. The van der Waals surface area contributed by atoms with E-state index in [1.807, 2.05) is 0 Å². The van der Waals surface area contributed by atoms with Crippen LogP contribution in [0.3, 0.4) is 0 Å². The van der Waals surface area contributed by atoms with Crippen molar-refractivity contribution in [1.29, 1.82) is 0 Å². The number of halogens is 3. The maximum absolute atomic E-state index is 12.5. The van der Waals surface area contributed by atoms with Crippen LogP contribution >= 0.6 is 0 Å². The summed E-state index contributed by atoms with van der Waals surface area (Å²) in [5.74, 6) is -0.355. The second-order valence-corrected chi connectivity index (χ2v) is 3.23. The van der Waals surface area contributed by atoms with Crippen LogP contribution in [-0.4, -0.2) is 15.6 Å². The summed E-state index contributed by atoms with van der Waals surface area (Å²) in [6, 6.07) is 0.975. The topological polar surface area (TPSA) is 34.9 Å². The van der Waals surface area contributed by atoms with Gasteiger partial charge in [-0.1, -0.05) is 6.92 Å². The Bertz CT molecular complexity index is 368. The van der Waals surface area contributed by atoms with Crippen LogP contribution in [0.2, 0.25) is 0 Å². The van der Waals surface area contributed by atoms with Gasteiger partial charge in [0.05, 0.1) is 12.2 Å². The second kappa shape index (κ2) is 4.04. The molecule has 84 valence electrons. The lowest BCUT2D eigenvalue weighted by molar-refractivity contribution is -0.144. The first-order chi connectivity index (χ1) is 6.84. The summed E-state index contributed by atoms with van der Waals surface area (Å²) < 4.78 is 38.1. The zero-order valence-electron chi connectivity index (χ0n) is 8.43. The van der Waals surface area contributed by atoms with Gasteiger partial charge in [0.15, 0.2) is 5.78 Å². The third kappa shape index (κ3) is 2.81. The number of carbonyl (C=O) groups is 1. The molecule has 0 aliphatic heterocycles. The molecule has 0 radical (unpaired) electrons. The number of carbonyl (C=O) groups excluding carboxylic acids is 1. The molecule has 1 rings (SSSR count). The quantitative estimate of drug-likeness (QED) is 0.781. The van der Waals surface area contributed by atoms with Crippen LogP contribution in [0.1, 0.15) is 25.2 Å². The molecule has 0 bridgehead atoms. The van der Waals surface area contributed by atoms with Crippen molar-refractivity contribution in [2.45, 2.75) is 33.0 Å². The van der Waals surface area contributed by atoms with Crippen molar-refractivity contribution in [2.75, 3.05) is 0 Å². The van der Waals surface area contributed by atoms with Crippen molar-refractivity contribution in [3.63, 3.8) is 0 Å². The van der Waals surface area contributed by atoms with Gasteiger partial charge in [-0.15, -0.1) is 0 Å². The molecule has 0 saturated carbocycles. The van der Waals surface area contributed by atoms with Gasteiger partial charge in [-0.3, -0.25) is 9.48 Å². The highest BCUT2D eigenvalue weighted by Crippen LogP contribution is 2.29. The summed E-state index contributed by atoms with van der Waals surface area (Å²) in [4.78, 5) is 10.8. The largest absolute Gasteiger partial charge is 0.433 e. The molecule has 0 aliphatic carbocycles. The van der Waals surface area contributed by atoms with Crippen molar-refractivity contribution in [3.05, 3.63) is 17.5 Å². The number of alkyl halides is 3. The number of ketones is 1. The number of aromatic nitrogens is 2. The van der Waals surface area contributed by atoms with Crippen LogP contribution in [0, 0.1) is 0 Å². The number of hydrogen-bond acceptors (Lipinski definition) is 2. The summed E-state index contributed by atoms with van der Waals surface area (Å²) in [7, 11) is 0. The maximum atomic E-state index is 12.5. The van der Waals surface area contributed by atoms with E-state index in [9.17, 15) is 18.0 Å². The Balaban J connectivity index is 3.12. The van der Waals surface area contributed by atoms with E-state index in [1.165, 1.54) is 6.92 Å². The Morgan fingerprint density at radius 3 is 2.53 bits per heavy atom. The molecule has 0 fully saturated rings. The van der Waals surface area contributed by atoms with Gasteiger partial charge in [0.2, 0.25) is 0 Å². The lowest BCUT2D eigenvalue weighted by Gasteiger charge is -2.07. The van der Waals surface area contributed by atoms with Crippen molar-refractivity contribution in [2.24, 2.45) is 0 Å². The van der Waals surface area contributed by atoms with Crippen LogP contribution in [-0.2, 0) is 23.9 Å². The molecule has 1 aromatic rings. The second-order valence-electron chi connectivity index (χ2n) is 3.23. The molecule has 0 saturated heterocycles. The van der Waals surface area contributed by atoms with E-state index in [2.05, 4.69) is 5.10 Å². The summed E-state index contributed by atoms with van der Waals surface area (Å²) in [6.45, 7) is 2.60. The molecular weight excluding hydrogens is 209 g/mol. The Labute approximate surface area is 84.9 Å². The Hall–Kier alpha value is -1.33. The molecule has 1 heterocycles. The van der Waals surface area contributed by atoms with E-state index >= 15 is 0 Å². The van der Waals surface area contributed by atoms with Gasteiger partial charge in [0.25, 0.3) is 0 Å². The summed E-state index contributed by atoms with van der Waals surface area (Å²) in [5.41, 5.74) is -0.530. The summed E-state index contributed by atoms with van der Waals surface area (Å²) in [5, 5.41) is 3.71. The third-order valence-electron chi connectivity index (χ3n) is 1.86. The van der Waals surface area contributed by atoms with Gasteiger partial charge in [-0.2, -0.15) is 18.3 Å². The zero-order chi connectivity index (χ0) is 11.6. The van der Waals surface area contributed by atoms with Gasteiger partial charge in [-0.05, 0) is 19.4 Å². The number of hydrogen-bond donors (Lipinski definition) is 0. The Morgan fingerprint density at radius 1 is 1.53 bits per heavy atom. The fraction of sp³-hybridized carbons (Fsp3) is 0.556. The lowest BCUT2D eigenvalue weighted by Crippen LogP contribution is -2.17. The van der Waals surface area contributed by atoms with E-state index < -0.39 is 11.9 Å². The first-order valence-corrected chi connectivity index (χ1v) is 4.48. The minimum Gasteiger partial charge on any atom is -0.298 e. The van der Waals surface area contributed by atoms with Gasteiger partial charge < -0.3 is 0 Å². The van der Waals surface area contributed by atoms with Crippen LogP contribution in [0.25, 0.3) is 0 Å². The average molecular weight is 220 g/mol. The van der Waals surface area contributed by atoms with Crippen LogP contribution in [0.4, 0.5) is 13.2 Å². The molecule has 1 aromatic heterocycles. The van der Waals surface area contributed by atoms with E-state index in [-0.39, 0.29) is 12.3 Å². The van der Waals surface area contributed by atoms with Crippen LogP contribution in [0.5, 0.6) is 0 Å². The molecule has 3 nitrogen and oxygen atoms in total. The van der Waals surface area contributed by atoms with Gasteiger partial charge in [0, 0.05) is 0 Å². The van der Waals surface area contributed by atoms with E-state index in [1.54, 1.807) is 6.92 Å². The number of rotatable bonds is 3. The van der Waals surface area contributed by atoms with Crippen molar-refractivity contribution < 1.29 is 18.0 Å². The monoisotopic (exact) mass is 220 g/mol. The van der Waals surface area contributed by atoms with Gasteiger partial charge >= 0.3 is 6.18 Å². The first kappa shape index (κ1) is 11.7. The minimum absolute atomic E-state index is 0.337. The Kier molecular flexibility index (Phi) is 3.16. The number of aryl methyl sites for hydroxylation is 1. The first-order valence-electron chi connectivity index (χ1n) is 4.48. The summed E-state index contributed by atoms with van der Waals surface area (Å²) >= 11 is 0.